The monoisotopic (exact) mass is 272 g/mol. The molecule has 2 fully saturated rings. The molecule has 0 aromatic heterocycles. The quantitative estimate of drug-likeness (QED) is 0.632. The van der Waals surface area contributed by atoms with Crippen molar-refractivity contribution in [3.63, 3.8) is 0 Å². The van der Waals surface area contributed by atoms with Gasteiger partial charge in [-0.2, -0.15) is 0 Å². The molecule has 2 aliphatic rings. The number of carbonyl (C=O) groups is 2. The molecule has 3 atom stereocenters. The maximum absolute atomic E-state index is 12.3. The number of aliphatic hydroxyl groups is 2. The van der Waals surface area contributed by atoms with E-state index in [-0.39, 0.29) is 31.5 Å². The van der Waals surface area contributed by atoms with Gasteiger partial charge < -0.3 is 25.1 Å². The highest BCUT2D eigenvalue weighted by molar-refractivity contribution is 5.83. The van der Waals surface area contributed by atoms with Crippen LogP contribution in [0.25, 0.3) is 0 Å². The lowest BCUT2D eigenvalue weighted by atomic mass is 10.1. The predicted octanol–water partition coefficient (Wildman–Crippen LogP) is -0.669. The molecule has 0 aromatic carbocycles. The molecule has 0 spiro atoms. The summed E-state index contributed by atoms with van der Waals surface area (Å²) in [6, 6.07) is -1.25. The Labute approximate surface area is 111 Å². The van der Waals surface area contributed by atoms with Crippen LogP contribution in [0.4, 0.5) is 4.79 Å². The van der Waals surface area contributed by atoms with Crippen molar-refractivity contribution < 1.29 is 24.9 Å². The lowest BCUT2D eigenvalue weighted by Crippen LogP contribution is -2.47. The van der Waals surface area contributed by atoms with E-state index in [2.05, 4.69) is 0 Å². The number of β-amino-alcohol motifs (C(OH)–C–C–N with tert-alkyl or cyclic N) is 1. The molecule has 7 nitrogen and oxygen atoms in total. The van der Waals surface area contributed by atoms with Gasteiger partial charge in [0.15, 0.2) is 0 Å². The van der Waals surface area contributed by atoms with E-state index >= 15 is 0 Å². The van der Waals surface area contributed by atoms with E-state index < -0.39 is 18.1 Å². The van der Waals surface area contributed by atoms with Crippen LogP contribution in [-0.2, 0) is 4.79 Å². The van der Waals surface area contributed by atoms with Crippen molar-refractivity contribution in [2.75, 3.05) is 26.2 Å². The van der Waals surface area contributed by atoms with Crippen molar-refractivity contribution in [3.05, 3.63) is 0 Å². The molecule has 0 bridgehead atoms. The van der Waals surface area contributed by atoms with Gasteiger partial charge in [0.1, 0.15) is 6.04 Å². The first kappa shape index (κ1) is 14.1. The second kappa shape index (κ2) is 5.75. The largest absolute Gasteiger partial charge is 0.480 e. The minimum absolute atomic E-state index is 0.0803. The molecule has 7 heteroatoms. The van der Waals surface area contributed by atoms with Crippen molar-refractivity contribution in [2.24, 2.45) is 5.92 Å². The van der Waals surface area contributed by atoms with Gasteiger partial charge in [0, 0.05) is 32.7 Å². The number of hydrogen-bond donors (Lipinski definition) is 3. The average Bonchev–Trinajstić information content (AvgIpc) is 2.95. The SMILES string of the molecule is O=C(O)[C@@H]1C[C@@H](O)CN1C(=O)N1CCC(CCO)C1. The van der Waals surface area contributed by atoms with Crippen LogP contribution >= 0.6 is 0 Å². The molecule has 3 N–H and O–H groups in total. The summed E-state index contributed by atoms with van der Waals surface area (Å²) >= 11 is 0. The number of carboxylic acid groups (broad SMARTS) is 1. The minimum Gasteiger partial charge on any atom is -0.480 e. The van der Waals surface area contributed by atoms with Crippen molar-refractivity contribution in [3.8, 4) is 0 Å². The number of hydrogen-bond acceptors (Lipinski definition) is 4. The zero-order valence-electron chi connectivity index (χ0n) is 10.7. The molecule has 19 heavy (non-hydrogen) atoms. The fourth-order valence-corrected chi connectivity index (χ4v) is 2.87. The molecular weight excluding hydrogens is 252 g/mol. The third kappa shape index (κ3) is 2.98. The van der Waals surface area contributed by atoms with E-state index in [1.165, 1.54) is 4.90 Å². The summed E-state index contributed by atoms with van der Waals surface area (Å²) in [6.07, 6.45) is 0.824. The highest BCUT2D eigenvalue weighted by atomic mass is 16.4. The lowest BCUT2D eigenvalue weighted by Gasteiger charge is -2.27. The molecule has 0 aliphatic carbocycles. The molecule has 1 unspecified atom stereocenters. The van der Waals surface area contributed by atoms with Crippen molar-refractivity contribution in [2.45, 2.75) is 31.4 Å². The highest BCUT2D eigenvalue weighted by Crippen LogP contribution is 2.24. The summed E-state index contributed by atoms with van der Waals surface area (Å²) in [5, 5.41) is 27.5. The number of urea groups is 1. The summed E-state index contributed by atoms with van der Waals surface area (Å²) in [6.45, 7) is 1.32. The van der Waals surface area contributed by atoms with Gasteiger partial charge in [-0.25, -0.2) is 9.59 Å². The Morgan fingerprint density at radius 2 is 2.00 bits per heavy atom. The van der Waals surface area contributed by atoms with Gasteiger partial charge in [0.05, 0.1) is 6.10 Å². The Morgan fingerprint density at radius 1 is 1.26 bits per heavy atom. The summed E-state index contributed by atoms with van der Waals surface area (Å²) in [4.78, 5) is 26.2. The average molecular weight is 272 g/mol. The Hall–Kier alpha value is -1.34. The third-order valence-corrected chi connectivity index (χ3v) is 3.90. The molecule has 108 valence electrons. The maximum Gasteiger partial charge on any atom is 0.326 e. The number of amides is 2. The van der Waals surface area contributed by atoms with E-state index in [0.29, 0.717) is 19.5 Å². The molecule has 0 aromatic rings. The zero-order valence-corrected chi connectivity index (χ0v) is 10.7. The second-order valence-corrected chi connectivity index (χ2v) is 5.29. The Kier molecular flexibility index (Phi) is 4.26. The second-order valence-electron chi connectivity index (χ2n) is 5.29. The fraction of sp³-hybridized carbons (Fsp3) is 0.833. The van der Waals surface area contributed by atoms with Gasteiger partial charge in [-0.15, -0.1) is 0 Å². The Morgan fingerprint density at radius 3 is 2.63 bits per heavy atom. The van der Waals surface area contributed by atoms with Crippen molar-refractivity contribution in [1.82, 2.24) is 9.80 Å². The molecule has 0 saturated carbocycles. The molecule has 2 rings (SSSR count). The van der Waals surface area contributed by atoms with Crippen LogP contribution < -0.4 is 0 Å². The maximum atomic E-state index is 12.3. The standard InChI is InChI=1S/C12H20N2O5/c15-4-2-8-1-3-13(6-8)12(19)14-7-9(16)5-10(14)11(17)18/h8-10,15-16H,1-7H2,(H,17,18)/t8?,9-,10+/m1/s1. The first-order valence-corrected chi connectivity index (χ1v) is 6.60. The van der Waals surface area contributed by atoms with Crippen LogP contribution in [0.3, 0.4) is 0 Å². The molecule has 2 amide bonds. The van der Waals surface area contributed by atoms with E-state index in [4.69, 9.17) is 10.2 Å². The van der Waals surface area contributed by atoms with Gasteiger partial charge in [0.2, 0.25) is 0 Å². The smallest absolute Gasteiger partial charge is 0.326 e. The summed E-state index contributed by atoms with van der Waals surface area (Å²) in [7, 11) is 0. The van der Waals surface area contributed by atoms with Gasteiger partial charge in [0.25, 0.3) is 0 Å². The third-order valence-electron chi connectivity index (χ3n) is 3.90. The summed E-state index contributed by atoms with van der Waals surface area (Å²) in [5.41, 5.74) is 0. The highest BCUT2D eigenvalue weighted by Gasteiger charge is 2.41. The topological polar surface area (TPSA) is 101 Å². The van der Waals surface area contributed by atoms with E-state index in [0.717, 1.165) is 6.42 Å². The fourth-order valence-electron chi connectivity index (χ4n) is 2.87. The lowest BCUT2D eigenvalue weighted by molar-refractivity contribution is -0.141. The van der Waals surface area contributed by atoms with Crippen LogP contribution in [0.1, 0.15) is 19.3 Å². The van der Waals surface area contributed by atoms with E-state index in [9.17, 15) is 14.7 Å². The van der Waals surface area contributed by atoms with Crippen molar-refractivity contribution in [1.29, 1.82) is 0 Å². The number of carboxylic acids is 1. The van der Waals surface area contributed by atoms with Gasteiger partial charge in [-0.05, 0) is 18.8 Å². The van der Waals surface area contributed by atoms with Crippen LogP contribution in [0.2, 0.25) is 0 Å². The van der Waals surface area contributed by atoms with Gasteiger partial charge in [-0.1, -0.05) is 0 Å². The summed E-state index contributed by atoms with van der Waals surface area (Å²) in [5.74, 6) is -0.791. The number of rotatable bonds is 3. The molecular formula is C12H20N2O5. The number of aliphatic hydroxyl groups excluding tert-OH is 2. The van der Waals surface area contributed by atoms with Crippen molar-refractivity contribution >= 4 is 12.0 Å². The van der Waals surface area contributed by atoms with Gasteiger partial charge >= 0.3 is 12.0 Å². The number of nitrogens with zero attached hydrogens (tertiary/aromatic N) is 2. The minimum atomic E-state index is -1.07. The number of carbonyl (C=O) groups excluding carboxylic acids is 1. The predicted molar refractivity (Wildman–Crippen MR) is 65.5 cm³/mol. The first-order valence-electron chi connectivity index (χ1n) is 6.60. The van der Waals surface area contributed by atoms with Gasteiger partial charge in [-0.3, -0.25) is 0 Å². The zero-order chi connectivity index (χ0) is 14.0. The molecule has 2 heterocycles. The number of aliphatic carboxylic acids is 1. The van der Waals surface area contributed by atoms with E-state index in [1.807, 2.05) is 0 Å². The molecule has 2 saturated heterocycles. The Balaban J connectivity index is 1.97. The van der Waals surface area contributed by atoms with Crippen LogP contribution in [-0.4, -0.2) is 75.5 Å². The molecule has 0 radical (unpaired) electrons. The molecule has 2 aliphatic heterocycles. The summed E-state index contributed by atoms with van der Waals surface area (Å²) < 4.78 is 0. The van der Waals surface area contributed by atoms with Crippen LogP contribution in [0, 0.1) is 5.92 Å². The van der Waals surface area contributed by atoms with Crippen LogP contribution in [0.5, 0.6) is 0 Å². The van der Waals surface area contributed by atoms with Crippen LogP contribution in [0.15, 0.2) is 0 Å². The normalized spacial score (nSPS) is 30.9. The van der Waals surface area contributed by atoms with E-state index in [1.54, 1.807) is 4.90 Å². The Bertz CT molecular complexity index is 362. The first-order chi connectivity index (χ1) is 9.02. The number of likely N-dealkylation sites (tertiary alicyclic amines) is 2.